The van der Waals surface area contributed by atoms with Gasteiger partial charge in [0.2, 0.25) is 0 Å². The number of hydrogen-bond acceptors (Lipinski definition) is 2. The van der Waals surface area contributed by atoms with Gasteiger partial charge in [0.1, 0.15) is 0 Å². The number of nitrogens with one attached hydrogen (secondary N) is 1. The van der Waals surface area contributed by atoms with E-state index in [9.17, 15) is 0 Å². The normalized spacial score (nSPS) is 11.2. The highest BCUT2D eigenvalue weighted by molar-refractivity contribution is 5.39. The molecule has 0 saturated carbocycles. The van der Waals surface area contributed by atoms with Crippen molar-refractivity contribution in [3.8, 4) is 5.69 Å². The molecule has 0 bridgehead atoms. The molecule has 2 rings (SSSR count). The number of aromatic nitrogens is 2. The first kappa shape index (κ1) is 12.8. The van der Waals surface area contributed by atoms with Gasteiger partial charge in [-0.3, -0.25) is 0 Å². The lowest BCUT2D eigenvalue weighted by atomic mass is 10.1. The van der Waals surface area contributed by atoms with Crippen molar-refractivity contribution in [3.63, 3.8) is 0 Å². The summed E-state index contributed by atoms with van der Waals surface area (Å²) in [6.07, 6.45) is 2.00. The van der Waals surface area contributed by atoms with E-state index in [1.54, 1.807) is 0 Å². The van der Waals surface area contributed by atoms with Crippen LogP contribution in [0.25, 0.3) is 5.69 Å². The summed E-state index contributed by atoms with van der Waals surface area (Å²) in [6.45, 7) is 9.40. The number of nitrogens with zero attached hydrogens (tertiary/aromatic N) is 2. The third-order valence-electron chi connectivity index (χ3n) is 3.01. The van der Waals surface area contributed by atoms with Crippen LogP contribution in [0, 0.1) is 13.8 Å². The minimum Gasteiger partial charge on any atom is -0.310 e. The van der Waals surface area contributed by atoms with E-state index in [4.69, 9.17) is 0 Å². The van der Waals surface area contributed by atoms with Crippen molar-refractivity contribution in [3.05, 3.63) is 47.3 Å². The summed E-state index contributed by atoms with van der Waals surface area (Å²) in [5.41, 5.74) is 4.80. The summed E-state index contributed by atoms with van der Waals surface area (Å²) in [5.74, 6) is 0. The Hall–Kier alpha value is -1.61. The van der Waals surface area contributed by atoms with Crippen LogP contribution in [0.5, 0.6) is 0 Å². The first-order valence-electron chi connectivity index (χ1n) is 6.42. The van der Waals surface area contributed by atoms with E-state index < -0.39 is 0 Å². The molecule has 0 aliphatic carbocycles. The lowest BCUT2D eigenvalue weighted by molar-refractivity contribution is 0.587. The van der Waals surface area contributed by atoms with Gasteiger partial charge in [-0.25, -0.2) is 4.68 Å². The summed E-state index contributed by atoms with van der Waals surface area (Å²) >= 11 is 0. The van der Waals surface area contributed by atoms with Crippen LogP contribution >= 0.6 is 0 Å². The largest absolute Gasteiger partial charge is 0.310 e. The van der Waals surface area contributed by atoms with E-state index in [1.165, 1.54) is 11.1 Å². The van der Waals surface area contributed by atoms with Crippen LogP contribution in [0.2, 0.25) is 0 Å². The van der Waals surface area contributed by atoms with E-state index >= 15 is 0 Å². The first-order chi connectivity index (χ1) is 8.56. The summed E-state index contributed by atoms with van der Waals surface area (Å²) in [5, 5.41) is 7.87. The van der Waals surface area contributed by atoms with Crippen molar-refractivity contribution in [2.75, 3.05) is 0 Å². The summed E-state index contributed by atoms with van der Waals surface area (Å²) in [7, 11) is 0. The van der Waals surface area contributed by atoms with Crippen molar-refractivity contribution in [1.82, 2.24) is 15.1 Å². The van der Waals surface area contributed by atoms with Gasteiger partial charge in [-0.2, -0.15) is 5.10 Å². The molecule has 0 aliphatic heterocycles. The maximum Gasteiger partial charge on any atom is 0.0648 e. The molecular weight excluding hydrogens is 222 g/mol. The van der Waals surface area contributed by atoms with Gasteiger partial charge in [0, 0.05) is 18.8 Å². The van der Waals surface area contributed by atoms with Crippen LogP contribution < -0.4 is 5.32 Å². The highest BCUT2D eigenvalue weighted by Gasteiger charge is 2.03. The van der Waals surface area contributed by atoms with E-state index in [-0.39, 0.29) is 0 Å². The van der Waals surface area contributed by atoms with Gasteiger partial charge in [-0.1, -0.05) is 19.9 Å². The molecular formula is C15H21N3. The fourth-order valence-electron chi connectivity index (χ4n) is 1.89. The lowest BCUT2D eigenvalue weighted by Crippen LogP contribution is -2.22. The highest BCUT2D eigenvalue weighted by atomic mass is 15.3. The molecule has 1 aromatic heterocycles. The minimum atomic E-state index is 0.512. The molecule has 1 heterocycles. The summed E-state index contributed by atoms with van der Waals surface area (Å²) < 4.78 is 1.92. The van der Waals surface area contributed by atoms with E-state index in [0.717, 1.165) is 17.9 Å². The molecule has 0 amide bonds. The molecule has 3 heteroatoms. The Morgan fingerprint density at radius 3 is 2.56 bits per heavy atom. The Balaban J connectivity index is 2.19. The third kappa shape index (κ3) is 2.99. The second kappa shape index (κ2) is 5.36. The smallest absolute Gasteiger partial charge is 0.0648 e. The van der Waals surface area contributed by atoms with Crippen molar-refractivity contribution in [2.24, 2.45) is 0 Å². The molecule has 0 saturated heterocycles. The predicted molar refractivity (Wildman–Crippen MR) is 75.0 cm³/mol. The molecule has 0 spiro atoms. The molecule has 96 valence electrons. The molecule has 18 heavy (non-hydrogen) atoms. The zero-order chi connectivity index (χ0) is 13.1. The fourth-order valence-corrected chi connectivity index (χ4v) is 1.89. The zero-order valence-electron chi connectivity index (χ0n) is 11.6. The quantitative estimate of drug-likeness (QED) is 0.894. The van der Waals surface area contributed by atoms with E-state index in [0.29, 0.717) is 6.04 Å². The molecule has 2 aromatic rings. The molecule has 0 fully saturated rings. The van der Waals surface area contributed by atoms with Crippen LogP contribution in [0.15, 0.2) is 30.5 Å². The average Bonchev–Trinajstić information content (AvgIpc) is 2.74. The standard InChI is InChI=1S/C15H21N3/c1-11(2)16-10-14-5-6-15(9-12(14)3)18-8-7-13(4)17-18/h5-9,11,16H,10H2,1-4H3. The second-order valence-electron chi connectivity index (χ2n) is 5.05. The predicted octanol–water partition coefficient (Wildman–Crippen LogP) is 2.99. The maximum absolute atomic E-state index is 4.43. The Bertz CT molecular complexity index is 526. The Kier molecular flexibility index (Phi) is 3.82. The summed E-state index contributed by atoms with van der Waals surface area (Å²) in [6, 6.07) is 9.01. The fraction of sp³-hybridized carbons (Fsp3) is 0.400. The number of aryl methyl sites for hydroxylation is 2. The molecule has 0 radical (unpaired) electrons. The zero-order valence-corrected chi connectivity index (χ0v) is 11.6. The summed E-state index contributed by atoms with van der Waals surface area (Å²) in [4.78, 5) is 0. The van der Waals surface area contributed by atoms with Gasteiger partial charge in [-0.05, 0) is 43.2 Å². The molecule has 1 N–H and O–H groups in total. The molecule has 0 aliphatic rings. The topological polar surface area (TPSA) is 29.9 Å². The van der Waals surface area contributed by atoms with Crippen LogP contribution in [-0.4, -0.2) is 15.8 Å². The van der Waals surface area contributed by atoms with Gasteiger partial charge < -0.3 is 5.32 Å². The Morgan fingerprint density at radius 2 is 2.00 bits per heavy atom. The van der Waals surface area contributed by atoms with E-state index in [1.807, 2.05) is 23.9 Å². The Morgan fingerprint density at radius 1 is 1.22 bits per heavy atom. The molecule has 0 atom stereocenters. The Labute approximate surface area is 109 Å². The monoisotopic (exact) mass is 243 g/mol. The molecule has 0 unspecified atom stereocenters. The van der Waals surface area contributed by atoms with Crippen molar-refractivity contribution in [2.45, 2.75) is 40.3 Å². The van der Waals surface area contributed by atoms with Gasteiger partial charge in [0.15, 0.2) is 0 Å². The average molecular weight is 243 g/mol. The first-order valence-corrected chi connectivity index (χ1v) is 6.42. The third-order valence-corrected chi connectivity index (χ3v) is 3.01. The number of rotatable bonds is 4. The van der Waals surface area contributed by atoms with Crippen LogP contribution in [0.4, 0.5) is 0 Å². The van der Waals surface area contributed by atoms with E-state index in [2.05, 4.69) is 49.4 Å². The highest BCUT2D eigenvalue weighted by Crippen LogP contribution is 2.14. The molecule has 1 aromatic carbocycles. The van der Waals surface area contributed by atoms with Crippen molar-refractivity contribution < 1.29 is 0 Å². The maximum atomic E-state index is 4.43. The SMILES string of the molecule is Cc1ccn(-c2ccc(CNC(C)C)c(C)c2)n1. The lowest BCUT2D eigenvalue weighted by Gasteiger charge is -2.12. The van der Waals surface area contributed by atoms with Crippen molar-refractivity contribution in [1.29, 1.82) is 0 Å². The molecule has 3 nitrogen and oxygen atoms in total. The van der Waals surface area contributed by atoms with Gasteiger partial charge in [-0.15, -0.1) is 0 Å². The minimum absolute atomic E-state index is 0.512. The van der Waals surface area contributed by atoms with Gasteiger partial charge >= 0.3 is 0 Å². The van der Waals surface area contributed by atoms with Crippen LogP contribution in [-0.2, 0) is 6.54 Å². The van der Waals surface area contributed by atoms with Gasteiger partial charge in [0.05, 0.1) is 11.4 Å². The van der Waals surface area contributed by atoms with Crippen LogP contribution in [0.3, 0.4) is 0 Å². The second-order valence-corrected chi connectivity index (χ2v) is 5.05. The van der Waals surface area contributed by atoms with Crippen LogP contribution in [0.1, 0.15) is 30.7 Å². The van der Waals surface area contributed by atoms with Crippen molar-refractivity contribution >= 4 is 0 Å². The number of benzene rings is 1. The number of hydrogen-bond donors (Lipinski definition) is 1. The van der Waals surface area contributed by atoms with Gasteiger partial charge in [0.25, 0.3) is 0 Å².